The minimum Gasteiger partial charge on any atom is -0.0616 e. The van der Waals surface area contributed by atoms with E-state index in [-0.39, 0.29) is 0 Å². The van der Waals surface area contributed by atoms with Crippen molar-refractivity contribution in [3.05, 3.63) is 255 Å². The standard InChI is InChI=1S/C68H42/c1-2-16-47-38-50(35-30-43(47)14-1)65-57-19-5-7-21-59(57)66(60-22-8-6-20-58(60)65)51-36-31-44-28-33-48(39-53(44)41-51)49-34-29-45-32-37-52(42-54(45)40-49)67-61-23-9-11-25-63(61)68(64-26-12-10-24-62(64)67)56-27-13-17-46-15-3-4-18-55(46)56/h1-42H. The SMILES string of the molecule is c1ccc2cc(-c3c4ccccc4c(-c4ccc5ccc(-c6ccc7ccc(-c8c9ccccc9c(-c9cccc%10ccccc9%10)c9ccccc89)cc7c6)cc5c4)c4ccccc34)ccc2c1. The predicted molar refractivity (Wildman–Crippen MR) is 294 cm³/mol. The molecule has 0 fully saturated rings. The van der Waals surface area contributed by atoms with E-state index in [9.17, 15) is 0 Å². The van der Waals surface area contributed by atoms with Crippen LogP contribution in [0.5, 0.6) is 0 Å². The summed E-state index contributed by atoms with van der Waals surface area (Å²) < 4.78 is 0. The number of benzene rings is 14. The van der Waals surface area contributed by atoms with Gasteiger partial charge in [-0.05, 0) is 172 Å². The molecule has 0 aromatic heterocycles. The summed E-state index contributed by atoms with van der Waals surface area (Å²) in [5.41, 5.74) is 12.5. The van der Waals surface area contributed by atoms with E-state index in [1.165, 1.54) is 142 Å². The molecule has 0 nitrogen and oxygen atoms in total. The maximum Gasteiger partial charge on any atom is -0.00201 e. The van der Waals surface area contributed by atoms with Gasteiger partial charge in [-0.2, -0.15) is 0 Å². The van der Waals surface area contributed by atoms with E-state index in [1.807, 2.05) is 0 Å². The molecule has 14 aromatic carbocycles. The van der Waals surface area contributed by atoms with Crippen LogP contribution in [0.4, 0.5) is 0 Å². The average Bonchev–Trinajstić information content (AvgIpc) is 3.40. The first kappa shape index (κ1) is 38.4. The topological polar surface area (TPSA) is 0 Å². The summed E-state index contributed by atoms with van der Waals surface area (Å²) >= 11 is 0. The normalized spacial score (nSPS) is 11.8. The molecule has 0 heterocycles. The smallest absolute Gasteiger partial charge is 0.00201 e. The van der Waals surface area contributed by atoms with E-state index in [1.54, 1.807) is 0 Å². The van der Waals surface area contributed by atoms with Crippen LogP contribution in [0.25, 0.3) is 142 Å². The highest BCUT2D eigenvalue weighted by Gasteiger charge is 2.20. The molecule has 0 bridgehead atoms. The molecule has 0 spiro atoms. The van der Waals surface area contributed by atoms with Crippen LogP contribution in [0.2, 0.25) is 0 Å². The van der Waals surface area contributed by atoms with E-state index in [0.29, 0.717) is 0 Å². The Hall–Kier alpha value is -8.84. The van der Waals surface area contributed by atoms with E-state index >= 15 is 0 Å². The molecule has 0 N–H and O–H groups in total. The van der Waals surface area contributed by atoms with Crippen molar-refractivity contribution in [3.8, 4) is 55.6 Å². The Morgan fingerprint density at radius 2 is 0.426 bits per heavy atom. The van der Waals surface area contributed by atoms with E-state index in [0.717, 1.165) is 0 Å². The molecule has 0 saturated heterocycles. The second-order valence-corrected chi connectivity index (χ2v) is 18.3. The average molecular weight is 859 g/mol. The Bertz CT molecular complexity index is 4260. The van der Waals surface area contributed by atoms with Gasteiger partial charge >= 0.3 is 0 Å². The Balaban J connectivity index is 0.898. The van der Waals surface area contributed by atoms with Crippen LogP contribution in [-0.4, -0.2) is 0 Å². The lowest BCUT2D eigenvalue weighted by molar-refractivity contribution is 1.65. The largest absolute Gasteiger partial charge is 0.0616 e. The Morgan fingerprint density at radius 1 is 0.147 bits per heavy atom. The van der Waals surface area contributed by atoms with Crippen LogP contribution in [-0.2, 0) is 0 Å². The van der Waals surface area contributed by atoms with Gasteiger partial charge < -0.3 is 0 Å². The van der Waals surface area contributed by atoms with Crippen LogP contribution >= 0.6 is 0 Å². The van der Waals surface area contributed by atoms with E-state index in [4.69, 9.17) is 0 Å². The summed E-state index contributed by atoms with van der Waals surface area (Å²) in [6, 6.07) is 94.8. The third-order valence-electron chi connectivity index (χ3n) is 14.6. The molecule has 0 heteroatoms. The summed E-state index contributed by atoms with van der Waals surface area (Å²) in [5.74, 6) is 0. The second-order valence-electron chi connectivity index (χ2n) is 18.3. The molecule has 0 saturated carbocycles. The molecular weight excluding hydrogens is 817 g/mol. The molecule has 0 atom stereocenters. The van der Waals surface area contributed by atoms with Gasteiger partial charge in [-0.1, -0.05) is 224 Å². The first-order chi connectivity index (χ1) is 33.7. The fraction of sp³-hybridized carbons (Fsp3) is 0. The van der Waals surface area contributed by atoms with E-state index < -0.39 is 0 Å². The number of hydrogen-bond donors (Lipinski definition) is 0. The molecule has 0 aliphatic rings. The second kappa shape index (κ2) is 15.4. The molecule has 0 aliphatic carbocycles. The van der Waals surface area contributed by atoms with E-state index in [2.05, 4.69) is 255 Å². The summed E-state index contributed by atoms with van der Waals surface area (Å²) in [6.07, 6.45) is 0. The van der Waals surface area contributed by atoms with Crippen molar-refractivity contribution in [1.82, 2.24) is 0 Å². The molecule has 0 unspecified atom stereocenters. The molecule has 68 heavy (non-hydrogen) atoms. The molecule has 14 rings (SSSR count). The highest BCUT2D eigenvalue weighted by molar-refractivity contribution is 6.25. The van der Waals surface area contributed by atoms with Gasteiger partial charge in [-0.15, -0.1) is 0 Å². The molecule has 14 aromatic rings. The van der Waals surface area contributed by atoms with Crippen LogP contribution in [0.1, 0.15) is 0 Å². The minimum atomic E-state index is 1.21. The van der Waals surface area contributed by atoms with Gasteiger partial charge in [0.15, 0.2) is 0 Å². The summed E-state index contributed by atoms with van der Waals surface area (Å²) in [6.45, 7) is 0. The number of hydrogen-bond acceptors (Lipinski definition) is 0. The first-order valence-corrected chi connectivity index (χ1v) is 23.6. The maximum atomic E-state index is 2.40. The summed E-state index contributed by atoms with van der Waals surface area (Å²) in [7, 11) is 0. The Kier molecular flexibility index (Phi) is 8.69. The van der Waals surface area contributed by atoms with Gasteiger partial charge in [-0.3, -0.25) is 0 Å². The minimum absolute atomic E-state index is 1.21. The molecule has 314 valence electrons. The van der Waals surface area contributed by atoms with Crippen LogP contribution < -0.4 is 0 Å². The fourth-order valence-electron chi connectivity index (χ4n) is 11.4. The van der Waals surface area contributed by atoms with Gasteiger partial charge in [0, 0.05) is 0 Å². The molecular formula is C68H42. The Labute approximate surface area is 394 Å². The van der Waals surface area contributed by atoms with Crippen LogP contribution in [0.15, 0.2) is 255 Å². The third-order valence-corrected chi connectivity index (χ3v) is 14.6. The van der Waals surface area contributed by atoms with Crippen molar-refractivity contribution >= 4 is 86.2 Å². The van der Waals surface area contributed by atoms with Crippen molar-refractivity contribution in [2.24, 2.45) is 0 Å². The van der Waals surface area contributed by atoms with Crippen molar-refractivity contribution in [3.63, 3.8) is 0 Å². The third kappa shape index (κ3) is 6.08. The monoisotopic (exact) mass is 858 g/mol. The first-order valence-electron chi connectivity index (χ1n) is 23.6. The van der Waals surface area contributed by atoms with Crippen molar-refractivity contribution < 1.29 is 0 Å². The lowest BCUT2D eigenvalue weighted by Crippen LogP contribution is -1.92. The summed E-state index contributed by atoms with van der Waals surface area (Å²) in [5, 5.41) is 20.1. The summed E-state index contributed by atoms with van der Waals surface area (Å²) in [4.78, 5) is 0. The van der Waals surface area contributed by atoms with Gasteiger partial charge in [0.05, 0.1) is 0 Å². The molecule has 0 aliphatic heterocycles. The fourth-order valence-corrected chi connectivity index (χ4v) is 11.4. The maximum absolute atomic E-state index is 2.40. The van der Waals surface area contributed by atoms with Crippen molar-refractivity contribution in [2.75, 3.05) is 0 Å². The lowest BCUT2D eigenvalue weighted by Gasteiger charge is -2.19. The highest BCUT2D eigenvalue weighted by atomic mass is 14.2. The van der Waals surface area contributed by atoms with Crippen LogP contribution in [0.3, 0.4) is 0 Å². The van der Waals surface area contributed by atoms with Gasteiger partial charge in [-0.25, -0.2) is 0 Å². The van der Waals surface area contributed by atoms with Crippen LogP contribution in [0, 0.1) is 0 Å². The van der Waals surface area contributed by atoms with Crippen molar-refractivity contribution in [2.45, 2.75) is 0 Å². The molecule has 0 radical (unpaired) electrons. The van der Waals surface area contributed by atoms with Crippen molar-refractivity contribution in [1.29, 1.82) is 0 Å². The zero-order valence-electron chi connectivity index (χ0n) is 37.2. The Morgan fingerprint density at radius 3 is 0.853 bits per heavy atom. The highest BCUT2D eigenvalue weighted by Crippen LogP contribution is 2.47. The van der Waals surface area contributed by atoms with Gasteiger partial charge in [0.2, 0.25) is 0 Å². The number of rotatable bonds is 5. The zero-order chi connectivity index (χ0) is 44.7. The lowest BCUT2D eigenvalue weighted by atomic mass is 9.84. The predicted octanol–water partition coefficient (Wildman–Crippen LogP) is 19.2. The number of fused-ring (bicyclic) bond motifs is 8. The molecule has 0 amide bonds. The zero-order valence-corrected chi connectivity index (χ0v) is 37.2. The quantitative estimate of drug-likeness (QED) is 0.151. The van der Waals surface area contributed by atoms with Gasteiger partial charge in [0.1, 0.15) is 0 Å². The van der Waals surface area contributed by atoms with Gasteiger partial charge in [0.25, 0.3) is 0 Å².